The van der Waals surface area contributed by atoms with Gasteiger partial charge in [0.05, 0.1) is 11.1 Å². The number of amides is 1. The van der Waals surface area contributed by atoms with Crippen molar-refractivity contribution in [2.24, 2.45) is 0 Å². The van der Waals surface area contributed by atoms with Crippen LogP contribution >= 0.6 is 0 Å². The highest BCUT2D eigenvalue weighted by molar-refractivity contribution is 5.98. The van der Waals surface area contributed by atoms with E-state index in [2.05, 4.69) is 5.32 Å². The van der Waals surface area contributed by atoms with Crippen LogP contribution in [0.3, 0.4) is 0 Å². The second kappa shape index (κ2) is 8.60. The highest BCUT2D eigenvalue weighted by Crippen LogP contribution is 2.29. The number of alkyl halides is 3. The minimum Gasteiger partial charge on any atom is -0.452 e. The molecule has 4 nitrogen and oxygen atoms in total. The standard InChI is InChI=1S/C22H16F3NO3/c23-22(24,25)17-12-10-16(11-13-17)21(28)29-14-20(27)26-19-9-5-4-8-18(19)15-6-2-1-3-7-15/h1-13H,14H2,(H,26,27). The second-order valence-corrected chi connectivity index (χ2v) is 6.11. The summed E-state index contributed by atoms with van der Waals surface area (Å²) in [5, 5.41) is 2.68. The molecule has 0 atom stereocenters. The SMILES string of the molecule is O=C(COC(=O)c1ccc(C(F)(F)F)cc1)Nc1ccccc1-c1ccccc1. The van der Waals surface area contributed by atoms with Gasteiger partial charge < -0.3 is 10.1 Å². The van der Waals surface area contributed by atoms with Crippen LogP contribution in [-0.2, 0) is 15.7 Å². The van der Waals surface area contributed by atoms with Crippen LogP contribution in [0, 0.1) is 0 Å². The Hall–Kier alpha value is -3.61. The van der Waals surface area contributed by atoms with Crippen molar-refractivity contribution in [3.05, 3.63) is 90.0 Å². The van der Waals surface area contributed by atoms with Crippen LogP contribution in [0.2, 0.25) is 0 Å². The number of ether oxygens (including phenoxy) is 1. The van der Waals surface area contributed by atoms with Gasteiger partial charge in [-0.15, -0.1) is 0 Å². The predicted molar refractivity (Wildman–Crippen MR) is 102 cm³/mol. The molecule has 0 unspecified atom stereocenters. The lowest BCUT2D eigenvalue weighted by atomic mass is 10.0. The van der Waals surface area contributed by atoms with Crippen LogP contribution in [0.5, 0.6) is 0 Å². The maximum atomic E-state index is 12.6. The third-order valence-corrected chi connectivity index (χ3v) is 4.07. The van der Waals surface area contributed by atoms with E-state index in [4.69, 9.17) is 4.74 Å². The summed E-state index contributed by atoms with van der Waals surface area (Å²) in [6, 6.07) is 20.2. The van der Waals surface area contributed by atoms with E-state index in [1.165, 1.54) is 0 Å². The highest BCUT2D eigenvalue weighted by Gasteiger charge is 2.30. The number of benzene rings is 3. The quantitative estimate of drug-likeness (QED) is 0.603. The molecule has 0 fully saturated rings. The normalized spacial score (nSPS) is 11.0. The van der Waals surface area contributed by atoms with E-state index in [-0.39, 0.29) is 5.56 Å². The molecule has 0 heterocycles. The molecule has 0 radical (unpaired) electrons. The van der Waals surface area contributed by atoms with Crippen LogP contribution in [0.15, 0.2) is 78.9 Å². The monoisotopic (exact) mass is 399 g/mol. The average Bonchev–Trinajstić information content (AvgIpc) is 2.72. The number of hydrogen-bond donors (Lipinski definition) is 1. The summed E-state index contributed by atoms with van der Waals surface area (Å²) in [6.45, 7) is -0.566. The van der Waals surface area contributed by atoms with Crippen molar-refractivity contribution in [3.8, 4) is 11.1 Å². The summed E-state index contributed by atoms with van der Waals surface area (Å²) in [4.78, 5) is 24.1. The topological polar surface area (TPSA) is 55.4 Å². The molecule has 0 aliphatic heterocycles. The Bertz CT molecular complexity index is 1000. The van der Waals surface area contributed by atoms with Gasteiger partial charge in [0.15, 0.2) is 6.61 Å². The van der Waals surface area contributed by atoms with E-state index in [1.54, 1.807) is 12.1 Å². The number of anilines is 1. The van der Waals surface area contributed by atoms with Crippen molar-refractivity contribution >= 4 is 17.6 Å². The first-order valence-corrected chi connectivity index (χ1v) is 8.63. The van der Waals surface area contributed by atoms with Crippen molar-refractivity contribution in [1.82, 2.24) is 0 Å². The predicted octanol–water partition coefficient (Wildman–Crippen LogP) is 5.17. The van der Waals surface area contributed by atoms with Crippen molar-refractivity contribution in [3.63, 3.8) is 0 Å². The number of carbonyl (C=O) groups excluding carboxylic acids is 2. The number of hydrogen-bond acceptors (Lipinski definition) is 3. The first kappa shape index (κ1) is 20.1. The number of nitrogens with one attached hydrogen (secondary N) is 1. The largest absolute Gasteiger partial charge is 0.452 e. The molecule has 3 aromatic carbocycles. The lowest BCUT2D eigenvalue weighted by Crippen LogP contribution is -2.21. The van der Waals surface area contributed by atoms with Gasteiger partial charge in [0.2, 0.25) is 0 Å². The molecule has 1 amide bonds. The lowest BCUT2D eigenvalue weighted by Gasteiger charge is -2.12. The molecular weight excluding hydrogens is 383 g/mol. The van der Waals surface area contributed by atoms with Gasteiger partial charge in [-0.25, -0.2) is 4.79 Å². The zero-order valence-electron chi connectivity index (χ0n) is 15.1. The average molecular weight is 399 g/mol. The second-order valence-electron chi connectivity index (χ2n) is 6.11. The molecule has 148 valence electrons. The van der Waals surface area contributed by atoms with Crippen LogP contribution in [0.4, 0.5) is 18.9 Å². The Morgan fingerprint density at radius 1 is 0.828 bits per heavy atom. The van der Waals surface area contributed by atoms with Gasteiger partial charge >= 0.3 is 12.1 Å². The summed E-state index contributed by atoms with van der Waals surface area (Å²) in [7, 11) is 0. The molecule has 0 saturated heterocycles. The Kier molecular flexibility index (Phi) is 5.97. The van der Waals surface area contributed by atoms with Crippen LogP contribution in [-0.4, -0.2) is 18.5 Å². The van der Waals surface area contributed by atoms with E-state index in [9.17, 15) is 22.8 Å². The molecular formula is C22H16F3NO3. The Morgan fingerprint density at radius 2 is 1.45 bits per heavy atom. The zero-order valence-corrected chi connectivity index (χ0v) is 15.1. The third-order valence-electron chi connectivity index (χ3n) is 4.07. The van der Waals surface area contributed by atoms with Gasteiger partial charge in [-0.3, -0.25) is 4.79 Å². The number of carbonyl (C=O) groups is 2. The number of halogens is 3. The molecule has 0 aliphatic carbocycles. The van der Waals surface area contributed by atoms with E-state index in [0.29, 0.717) is 5.69 Å². The highest BCUT2D eigenvalue weighted by atomic mass is 19.4. The molecule has 29 heavy (non-hydrogen) atoms. The summed E-state index contributed by atoms with van der Waals surface area (Å²) < 4.78 is 42.6. The molecule has 7 heteroatoms. The van der Waals surface area contributed by atoms with Gasteiger partial charge in [-0.1, -0.05) is 48.5 Å². The van der Waals surface area contributed by atoms with E-state index in [1.807, 2.05) is 42.5 Å². The molecule has 0 saturated carbocycles. The van der Waals surface area contributed by atoms with Gasteiger partial charge in [-0.05, 0) is 35.9 Å². The fourth-order valence-corrected chi connectivity index (χ4v) is 2.66. The Labute approximate surface area is 164 Å². The Balaban J connectivity index is 1.62. The fourth-order valence-electron chi connectivity index (χ4n) is 2.66. The minimum absolute atomic E-state index is 0.0736. The molecule has 0 bridgehead atoms. The molecule has 1 N–H and O–H groups in total. The first-order chi connectivity index (χ1) is 13.8. The smallest absolute Gasteiger partial charge is 0.416 e. The summed E-state index contributed by atoms with van der Waals surface area (Å²) in [5.41, 5.74) is 1.31. The molecule has 0 aliphatic rings. The summed E-state index contributed by atoms with van der Waals surface area (Å²) >= 11 is 0. The summed E-state index contributed by atoms with van der Waals surface area (Å²) in [6.07, 6.45) is -4.49. The Morgan fingerprint density at radius 3 is 2.10 bits per heavy atom. The first-order valence-electron chi connectivity index (χ1n) is 8.63. The van der Waals surface area contributed by atoms with Gasteiger partial charge in [0.25, 0.3) is 5.91 Å². The molecule has 0 spiro atoms. The third kappa shape index (κ3) is 5.22. The summed E-state index contributed by atoms with van der Waals surface area (Å²) in [5.74, 6) is -1.45. The van der Waals surface area contributed by atoms with Crippen molar-refractivity contribution in [2.75, 3.05) is 11.9 Å². The van der Waals surface area contributed by atoms with Crippen LogP contribution in [0.1, 0.15) is 15.9 Å². The fraction of sp³-hybridized carbons (Fsp3) is 0.0909. The van der Waals surface area contributed by atoms with E-state index < -0.39 is 30.2 Å². The van der Waals surface area contributed by atoms with Gasteiger partial charge in [0.1, 0.15) is 0 Å². The van der Waals surface area contributed by atoms with Crippen molar-refractivity contribution < 1.29 is 27.5 Å². The minimum atomic E-state index is -4.49. The number of rotatable bonds is 5. The van der Waals surface area contributed by atoms with Crippen LogP contribution < -0.4 is 5.32 Å². The van der Waals surface area contributed by atoms with Gasteiger partial charge in [0, 0.05) is 11.3 Å². The van der Waals surface area contributed by atoms with Gasteiger partial charge in [-0.2, -0.15) is 13.2 Å². The maximum absolute atomic E-state index is 12.6. The molecule has 3 aromatic rings. The molecule has 0 aromatic heterocycles. The van der Waals surface area contributed by atoms with E-state index in [0.717, 1.165) is 35.4 Å². The maximum Gasteiger partial charge on any atom is 0.416 e. The lowest BCUT2D eigenvalue weighted by molar-refractivity contribution is -0.137. The van der Waals surface area contributed by atoms with Crippen molar-refractivity contribution in [1.29, 1.82) is 0 Å². The molecule has 3 rings (SSSR count). The van der Waals surface area contributed by atoms with Crippen LogP contribution in [0.25, 0.3) is 11.1 Å². The zero-order chi connectivity index (χ0) is 20.9. The van der Waals surface area contributed by atoms with E-state index >= 15 is 0 Å². The van der Waals surface area contributed by atoms with Crippen molar-refractivity contribution in [2.45, 2.75) is 6.18 Å². The number of para-hydroxylation sites is 1. The number of esters is 1.